The third kappa shape index (κ3) is 1.65. The van der Waals surface area contributed by atoms with Crippen molar-refractivity contribution in [3.05, 3.63) is 28.8 Å². The van der Waals surface area contributed by atoms with Gasteiger partial charge in [-0.25, -0.2) is 8.78 Å². The highest BCUT2D eigenvalue weighted by Crippen LogP contribution is 2.28. The lowest BCUT2D eigenvalue weighted by Crippen LogP contribution is -1.86. The zero-order valence-electron chi connectivity index (χ0n) is 5.70. The van der Waals surface area contributed by atoms with E-state index in [1.54, 1.807) is 6.26 Å². The first kappa shape index (κ1) is 8.81. The van der Waals surface area contributed by atoms with Crippen LogP contribution in [0, 0.1) is 11.6 Å². The van der Waals surface area contributed by atoms with Gasteiger partial charge >= 0.3 is 0 Å². The quantitative estimate of drug-likeness (QED) is 0.488. The minimum absolute atomic E-state index is 0.141. The van der Waals surface area contributed by atoms with Gasteiger partial charge in [0.25, 0.3) is 0 Å². The molecule has 0 unspecified atom stereocenters. The molecule has 4 heteroatoms. The highest BCUT2D eigenvalue weighted by Gasteiger charge is 2.09. The van der Waals surface area contributed by atoms with E-state index in [2.05, 4.69) is 0 Å². The van der Waals surface area contributed by atoms with E-state index in [1.165, 1.54) is 17.8 Å². The molecule has 0 spiro atoms. The molecular formula is C7H5ClF2S. The van der Waals surface area contributed by atoms with Crippen LogP contribution in [0.5, 0.6) is 0 Å². The van der Waals surface area contributed by atoms with Crippen molar-refractivity contribution < 1.29 is 8.78 Å². The SMILES string of the molecule is CSc1ccc(F)c(F)c1Cl. The van der Waals surface area contributed by atoms with E-state index in [9.17, 15) is 8.78 Å². The summed E-state index contributed by atoms with van der Waals surface area (Å²) >= 11 is 6.74. The summed E-state index contributed by atoms with van der Waals surface area (Å²) in [6.45, 7) is 0. The van der Waals surface area contributed by atoms with Gasteiger partial charge < -0.3 is 0 Å². The Bertz CT molecular complexity index is 275. The van der Waals surface area contributed by atoms with Gasteiger partial charge in [0.15, 0.2) is 11.6 Å². The van der Waals surface area contributed by atoms with Gasteiger partial charge in [-0.1, -0.05) is 11.6 Å². The molecule has 0 fully saturated rings. The summed E-state index contributed by atoms with van der Waals surface area (Å²) in [6.07, 6.45) is 1.75. The number of hydrogen-bond donors (Lipinski definition) is 0. The van der Waals surface area contributed by atoms with Gasteiger partial charge in [-0.15, -0.1) is 11.8 Å². The Morgan fingerprint density at radius 3 is 2.55 bits per heavy atom. The topological polar surface area (TPSA) is 0 Å². The second kappa shape index (κ2) is 3.41. The highest BCUT2D eigenvalue weighted by molar-refractivity contribution is 7.98. The van der Waals surface area contributed by atoms with Gasteiger partial charge in [0, 0.05) is 4.90 Å². The Morgan fingerprint density at radius 1 is 1.36 bits per heavy atom. The molecule has 0 nitrogen and oxygen atoms in total. The van der Waals surface area contributed by atoms with Crippen molar-refractivity contribution in [2.45, 2.75) is 4.90 Å². The third-order valence-corrected chi connectivity index (χ3v) is 2.48. The summed E-state index contributed by atoms with van der Waals surface area (Å²) in [5.41, 5.74) is 0. The molecule has 1 aromatic rings. The van der Waals surface area contributed by atoms with Crippen LogP contribution in [0.15, 0.2) is 17.0 Å². The normalized spacial score (nSPS) is 10.2. The van der Waals surface area contributed by atoms with Crippen molar-refractivity contribution in [3.63, 3.8) is 0 Å². The lowest BCUT2D eigenvalue weighted by molar-refractivity contribution is 0.506. The first-order chi connectivity index (χ1) is 5.16. The van der Waals surface area contributed by atoms with Crippen LogP contribution in [-0.2, 0) is 0 Å². The number of halogens is 3. The molecule has 0 atom stereocenters. The maximum absolute atomic E-state index is 12.7. The van der Waals surface area contributed by atoms with Gasteiger partial charge in [-0.3, -0.25) is 0 Å². The highest BCUT2D eigenvalue weighted by atomic mass is 35.5. The van der Waals surface area contributed by atoms with Gasteiger partial charge in [0.2, 0.25) is 0 Å². The third-order valence-electron chi connectivity index (χ3n) is 1.22. The Kier molecular flexibility index (Phi) is 2.73. The van der Waals surface area contributed by atoms with Gasteiger partial charge in [0.1, 0.15) is 0 Å². The zero-order chi connectivity index (χ0) is 8.43. The van der Waals surface area contributed by atoms with Crippen molar-refractivity contribution in [1.29, 1.82) is 0 Å². The van der Waals surface area contributed by atoms with Crippen molar-refractivity contribution in [2.24, 2.45) is 0 Å². The Balaban J connectivity index is 3.25. The van der Waals surface area contributed by atoms with Crippen LogP contribution in [0.25, 0.3) is 0 Å². The average molecular weight is 195 g/mol. The monoisotopic (exact) mass is 194 g/mol. The molecular weight excluding hydrogens is 190 g/mol. The molecule has 0 aliphatic carbocycles. The fourth-order valence-electron chi connectivity index (χ4n) is 0.666. The first-order valence-corrected chi connectivity index (χ1v) is 4.44. The van der Waals surface area contributed by atoms with Gasteiger partial charge in [-0.2, -0.15) is 0 Å². The van der Waals surface area contributed by atoms with E-state index in [-0.39, 0.29) is 5.02 Å². The first-order valence-electron chi connectivity index (χ1n) is 2.84. The number of benzene rings is 1. The van der Waals surface area contributed by atoms with E-state index in [4.69, 9.17) is 11.6 Å². The molecule has 0 aromatic heterocycles. The molecule has 0 heterocycles. The fraction of sp³-hybridized carbons (Fsp3) is 0.143. The van der Waals surface area contributed by atoms with E-state index in [1.807, 2.05) is 0 Å². The van der Waals surface area contributed by atoms with Crippen molar-refractivity contribution >= 4 is 23.4 Å². The van der Waals surface area contributed by atoms with Gasteiger partial charge in [0.05, 0.1) is 5.02 Å². The summed E-state index contributed by atoms with van der Waals surface area (Å²) in [5.74, 6) is -1.88. The van der Waals surface area contributed by atoms with Crippen LogP contribution in [-0.4, -0.2) is 6.26 Å². The Morgan fingerprint density at radius 2 is 2.00 bits per heavy atom. The van der Waals surface area contributed by atoms with Crippen LogP contribution < -0.4 is 0 Å². The number of hydrogen-bond acceptors (Lipinski definition) is 1. The summed E-state index contributed by atoms with van der Waals surface area (Å²) in [6, 6.07) is 2.51. The molecule has 0 N–H and O–H groups in total. The molecule has 0 aliphatic heterocycles. The zero-order valence-corrected chi connectivity index (χ0v) is 7.27. The Hall–Kier alpha value is -0.280. The minimum atomic E-state index is -0.974. The van der Waals surface area contributed by atoms with Gasteiger partial charge in [-0.05, 0) is 18.4 Å². The van der Waals surface area contributed by atoms with Crippen LogP contribution in [0.1, 0.15) is 0 Å². The smallest absolute Gasteiger partial charge is 0.178 e. The summed E-state index contributed by atoms with van der Waals surface area (Å²) < 4.78 is 25.1. The predicted octanol–water partition coefficient (Wildman–Crippen LogP) is 3.34. The van der Waals surface area contributed by atoms with E-state index < -0.39 is 11.6 Å². The van der Waals surface area contributed by atoms with Crippen LogP contribution in [0.3, 0.4) is 0 Å². The van der Waals surface area contributed by atoms with E-state index in [0.717, 1.165) is 6.07 Å². The molecule has 60 valence electrons. The molecule has 0 saturated carbocycles. The molecule has 0 bridgehead atoms. The Labute approximate surface area is 72.6 Å². The summed E-state index contributed by atoms with van der Waals surface area (Å²) in [7, 11) is 0. The standard InChI is InChI=1S/C7H5ClF2S/c1-11-5-3-2-4(9)7(10)6(5)8/h2-3H,1H3. The predicted molar refractivity (Wildman–Crippen MR) is 43.1 cm³/mol. The molecule has 1 aromatic carbocycles. The second-order valence-corrected chi connectivity index (χ2v) is 3.10. The van der Waals surface area contributed by atoms with Crippen molar-refractivity contribution in [2.75, 3.05) is 6.26 Å². The van der Waals surface area contributed by atoms with Crippen LogP contribution >= 0.6 is 23.4 Å². The molecule has 1 rings (SSSR count). The summed E-state index contributed by atoms with van der Waals surface area (Å²) in [4.78, 5) is 0.547. The average Bonchev–Trinajstić information content (AvgIpc) is 2.01. The van der Waals surface area contributed by atoms with Crippen molar-refractivity contribution in [3.8, 4) is 0 Å². The maximum atomic E-state index is 12.7. The molecule has 0 saturated heterocycles. The molecule has 0 aliphatic rings. The summed E-state index contributed by atoms with van der Waals surface area (Å²) in [5, 5.41) is -0.141. The lowest BCUT2D eigenvalue weighted by Gasteiger charge is -2.00. The fourth-order valence-corrected chi connectivity index (χ4v) is 1.52. The largest absolute Gasteiger partial charge is 0.204 e. The van der Waals surface area contributed by atoms with Crippen molar-refractivity contribution in [1.82, 2.24) is 0 Å². The van der Waals surface area contributed by atoms with E-state index >= 15 is 0 Å². The molecule has 11 heavy (non-hydrogen) atoms. The number of rotatable bonds is 1. The second-order valence-electron chi connectivity index (χ2n) is 1.88. The maximum Gasteiger partial charge on any atom is 0.178 e. The minimum Gasteiger partial charge on any atom is -0.204 e. The lowest BCUT2D eigenvalue weighted by atomic mass is 10.3. The van der Waals surface area contributed by atoms with Crippen LogP contribution in [0.4, 0.5) is 8.78 Å². The van der Waals surface area contributed by atoms with Crippen LogP contribution in [0.2, 0.25) is 5.02 Å². The number of thioether (sulfide) groups is 1. The van der Waals surface area contributed by atoms with E-state index in [0.29, 0.717) is 4.90 Å². The molecule has 0 amide bonds. The molecule has 0 radical (unpaired) electrons.